The van der Waals surface area contributed by atoms with Crippen LogP contribution in [0.15, 0.2) is 30.5 Å². The van der Waals surface area contributed by atoms with Crippen LogP contribution in [0.4, 0.5) is 4.39 Å². The minimum Gasteiger partial charge on any atom is -0.349 e. The van der Waals surface area contributed by atoms with Crippen molar-refractivity contribution in [3.05, 3.63) is 63.1 Å². The first-order valence-electron chi connectivity index (χ1n) is 9.77. The molecule has 2 aromatic heterocycles. The van der Waals surface area contributed by atoms with Gasteiger partial charge in [0.1, 0.15) is 5.82 Å². The molecule has 3 aromatic rings. The summed E-state index contributed by atoms with van der Waals surface area (Å²) < 4.78 is 15.5. The van der Waals surface area contributed by atoms with Crippen molar-refractivity contribution in [2.24, 2.45) is 5.41 Å². The van der Waals surface area contributed by atoms with Crippen LogP contribution in [0.2, 0.25) is 0 Å². The van der Waals surface area contributed by atoms with E-state index in [0.717, 1.165) is 39.7 Å². The molecule has 1 N–H and O–H groups in total. The second-order valence-electron chi connectivity index (χ2n) is 8.52. The van der Waals surface area contributed by atoms with Crippen molar-refractivity contribution in [3.63, 3.8) is 0 Å². The van der Waals surface area contributed by atoms with Crippen molar-refractivity contribution in [2.45, 2.75) is 53.0 Å². The van der Waals surface area contributed by atoms with E-state index in [1.54, 1.807) is 22.1 Å². The zero-order valence-corrected chi connectivity index (χ0v) is 17.9. The highest BCUT2D eigenvalue weighted by Crippen LogP contribution is 2.41. The summed E-state index contributed by atoms with van der Waals surface area (Å²) in [6, 6.07) is 6.33. The highest BCUT2D eigenvalue weighted by molar-refractivity contribution is 7.11. The lowest BCUT2D eigenvalue weighted by Gasteiger charge is -2.36. The van der Waals surface area contributed by atoms with E-state index in [-0.39, 0.29) is 23.2 Å². The molecule has 0 unspecified atom stereocenters. The number of hydrogen-bond donors (Lipinski definition) is 1. The molecule has 2 heterocycles. The number of nitrogens with zero attached hydrogens (tertiary/aromatic N) is 3. The molecular weight excluding hydrogens is 387 g/mol. The second kappa shape index (κ2) is 7.37. The molecule has 1 aromatic carbocycles. The Morgan fingerprint density at radius 2 is 2.17 bits per heavy atom. The van der Waals surface area contributed by atoms with E-state index < -0.39 is 0 Å². The van der Waals surface area contributed by atoms with Crippen LogP contribution in [-0.2, 0) is 17.6 Å². The minimum atomic E-state index is -0.290. The smallest absolute Gasteiger partial charge is 0.225 e. The van der Waals surface area contributed by atoms with Gasteiger partial charge in [-0.1, -0.05) is 19.9 Å². The van der Waals surface area contributed by atoms with Gasteiger partial charge in [-0.3, -0.25) is 4.79 Å². The normalized spacial score (nSPS) is 17.8. The van der Waals surface area contributed by atoms with Crippen molar-refractivity contribution in [1.82, 2.24) is 20.1 Å². The number of halogens is 1. The maximum Gasteiger partial charge on any atom is 0.225 e. The van der Waals surface area contributed by atoms with Gasteiger partial charge < -0.3 is 5.32 Å². The van der Waals surface area contributed by atoms with Crippen molar-refractivity contribution >= 4 is 17.2 Å². The Hall–Kier alpha value is -2.54. The Labute approximate surface area is 174 Å². The van der Waals surface area contributed by atoms with E-state index in [2.05, 4.69) is 29.2 Å². The van der Waals surface area contributed by atoms with Crippen LogP contribution in [0, 0.1) is 25.1 Å². The number of amides is 1. The molecule has 7 heteroatoms. The fourth-order valence-electron chi connectivity index (χ4n) is 4.13. The van der Waals surface area contributed by atoms with E-state index in [0.29, 0.717) is 12.1 Å². The van der Waals surface area contributed by atoms with Crippen LogP contribution in [0.5, 0.6) is 0 Å². The number of fused-ring (bicyclic) bond motifs is 1. The van der Waals surface area contributed by atoms with E-state index in [4.69, 9.17) is 0 Å². The number of aryl methyl sites for hydroxylation is 2. The average Bonchev–Trinajstić information content (AvgIpc) is 3.16. The zero-order valence-electron chi connectivity index (χ0n) is 17.1. The highest BCUT2D eigenvalue weighted by atomic mass is 32.1. The Kier molecular flexibility index (Phi) is 5.02. The van der Waals surface area contributed by atoms with Crippen molar-refractivity contribution in [1.29, 1.82) is 0 Å². The topological polar surface area (TPSA) is 59.8 Å². The highest BCUT2D eigenvalue weighted by Gasteiger charge is 2.36. The first-order valence-corrected chi connectivity index (χ1v) is 10.6. The molecule has 0 radical (unpaired) electrons. The Balaban J connectivity index is 1.61. The van der Waals surface area contributed by atoms with E-state index in [9.17, 15) is 9.18 Å². The van der Waals surface area contributed by atoms with Gasteiger partial charge in [-0.25, -0.2) is 14.1 Å². The number of carbonyl (C=O) groups excluding carboxylic acids is 1. The maximum absolute atomic E-state index is 13.7. The molecule has 0 fully saturated rings. The summed E-state index contributed by atoms with van der Waals surface area (Å²) in [5.74, 6) is -0.300. The lowest BCUT2D eigenvalue weighted by molar-refractivity contribution is -0.121. The zero-order chi connectivity index (χ0) is 20.8. The van der Waals surface area contributed by atoms with Crippen LogP contribution in [-0.4, -0.2) is 20.7 Å². The molecule has 1 aliphatic carbocycles. The average molecular weight is 413 g/mol. The third kappa shape index (κ3) is 4.10. The lowest BCUT2D eigenvalue weighted by Crippen LogP contribution is -2.37. The molecule has 5 nitrogen and oxygen atoms in total. The van der Waals surface area contributed by atoms with Gasteiger partial charge in [-0.15, -0.1) is 11.3 Å². The van der Waals surface area contributed by atoms with Gasteiger partial charge in [0.05, 0.1) is 40.7 Å². The van der Waals surface area contributed by atoms with Gasteiger partial charge in [0, 0.05) is 10.4 Å². The molecule has 0 saturated heterocycles. The summed E-state index contributed by atoms with van der Waals surface area (Å²) in [6.45, 7) is 8.27. The van der Waals surface area contributed by atoms with Crippen molar-refractivity contribution in [2.75, 3.05) is 0 Å². The maximum atomic E-state index is 13.7. The van der Waals surface area contributed by atoms with Gasteiger partial charge in [0.2, 0.25) is 5.91 Å². The molecular formula is C22H25FN4OS. The molecule has 0 bridgehead atoms. The van der Waals surface area contributed by atoms with Crippen LogP contribution < -0.4 is 5.32 Å². The first kappa shape index (κ1) is 19.8. The second-order valence-corrected chi connectivity index (χ2v) is 9.81. The third-order valence-corrected chi connectivity index (χ3v) is 6.46. The minimum absolute atomic E-state index is 0.00690. The Bertz CT molecular complexity index is 1070. The quantitative estimate of drug-likeness (QED) is 0.688. The molecule has 0 saturated carbocycles. The SMILES string of the molecule is Cc1nc(C)c(CC(=O)N[C@H]2CC(C)(C)Cc3c2cnn3-c2cccc(F)c2)s1. The number of rotatable bonds is 4. The van der Waals surface area contributed by atoms with Crippen molar-refractivity contribution in [3.8, 4) is 5.69 Å². The van der Waals surface area contributed by atoms with E-state index >= 15 is 0 Å². The van der Waals surface area contributed by atoms with Gasteiger partial charge in [0.15, 0.2) is 0 Å². The predicted octanol–water partition coefficient (Wildman–Crippen LogP) is 4.46. The van der Waals surface area contributed by atoms with Crippen LogP contribution >= 0.6 is 11.3 Å². The summed E-state index contributed by atoms with van der Waals surface area (Å²) in [4.78, 5) is 18.2. The number of aromatic nitrogens is 3. The third-order valence-electron chi connectivity index (χ3n) is 5.39. The summed E-state index contributed by atoms with van der Waals surface area (Å²) >= 11 is 1.57. The van der Waals surface area contributed by atoms with E-state index in [1.165, 1.54) is 12.1 Å². The number of nitrogens with one attached hydrogen (secondary N) is 1. The fraction of sp³-hybridized carbons (Fsp3) is 0.409. The molecule has 1 amide bonds. The fourth-order valence-corrected chi connectivity index (χ4v) is 5.07. The Morgan fingerprint density at radius 1 is 1.38 bits per heavy atom. The number of thiazole rings is 1. The summed E-state index contributed by atoms with van der Waals surface area (Å²) in [6.07, 6.45) is 3.80. The van der Waals surface area contributed by atoms with Crippen molar-refractivity contribution < 1.29 is 9.18 Å². The van der Waals surface area contributed by atoms with Gasteiger partial charge in [0.25, 0.3) is 0 Å². The predicted molar refractivity (Wildman–Crippen MR) is 112 cm³/mol. The number of benzene rings is 1. The molecule has 0 aliphatic heterocycles. The largest absolute Gasteiger partial charge is 0.349 e. The standard InChI is InChI=1S/C22H25FN4OS/c1-13-20(29-14(2)25-13)9-21(28)26-18-10-22(3,4)11-19-17(18)12-24-27(19)16-7-5-6-15(23)8-16/h5-8,12,18H,9-11H2,1-4H3,(H,26,28)/t18-/m0/s1. The molecule has 1 aliphatic rings. The summed E-state index contributed by atoms with van der Waals surface area (Å²) in [5, 5.41) is 8.70. The van der Waals surface area contributed by atoms with Crippen LogP contribution in [0.3, 0.4) is 0 Å². The summed E-state index contributed by atoms with van der Waals surface area (Å²) in [5.41, 5.74) is 3.66. The van der Waals surface area contributed by atoms with Crippen LogP contribution in [0.25, 0.3) is 5.69 Å². The number of carbonyl (C=O) groups is 1. The lowest BCUT2D eigenvalue weighted by atomic mass is 9.74. The summed E-state index contributed by atoms with van der Waals surface area (Å²) in [7, 11) is 0. The monoisotopic (exact) mass is 412 g/mol. The molecule has 4 rings (SSSR count). The van der Waals surface area contributed by atoms with E-state index in [1.807, 2.05) is 26.1 Å². The van der Waals surface area contributed by atoms with Gasteiger partial charge in [-0.2, -0.15) is 5.10 Å². The van der Waals surface area contributed by atoms with Gasteiger partial charge >= 0.3 is 0 Å². The van der Waals surface area contributed by atoms with Crippen LogP contribution in [0.1, 0.15) is 53.1 Å². The number of hydrogen-bond acceptors (Lipinski definition) is 4. The first-order chi connectivity index (χ1) is 13.7. The van der Waals surface area contributed by atoms with Gasteiger partial charge in [-0.05, 0) is 50.3 Å². The molecule has 152 valence electrons. The Morgan fingerprint density at radius 3 is 2.86 bits per heavy atom. The molecule has 0 spiro atoms. The molecule has 29 heavy (non-hydrogen) atoms. The molecule has 1 atom stereocenters.